The summed E-state index contributed by atoms with van der Waals surface area (Å²) in [5, 5.41) is 7.36. The molecule has 0 fully saturated rings. The van der Waals surface area contributed by atoms with Crippen LogP contribution in [0.25, 0.3) is 0 Å². The summed E-state index contributed by atoms with van der Waals surface area (Å²) >= 11 is 3.52. The molecule has 1 amide bonds. The van der Waals surface area contributed by atoms with Gasteiger partial charge in [0.15, 0.2) is 0 Å². The van der Waals surface area contributed by atoms with E-state index in [4.69, 9.17) is 4.74 Å². The number of hydrogen-bond donors (Lipinski definition) is 1. The molecule has 6 nitrogen and oxygen atoms in total. The zero-order chi connectivity index (χ0) is 20.8. The van der Waals surface area contributed by atoms with Crippen molar-refractivity contribution in [1.29, 1.82) is 0 Å². The number of carbonyl (C=O) groups is 1. The number of carbonyl (C=O) groups excluding carboxylic acids is 1. The Kier molecular flexibility index (Phi) is 7.04. The van der Waals surface area contributed by atoms with E-state index in [1.54, 1.807) is 12.3 Å². The van der Waals surface area contributed by atoms with Crippen LogP contribution in [-0.4, -0.2) is 27.3 Å². The van der Waals surface area contributed by atoms with Gasteiger partial charge >= 0.3 is 0 Å². The average Bonchev–Trinajstić information content (AvgIpc) is 3.06. The third-order valence-electron chi connectivity index (χ3n) is 4.28. The van der Waals surface area contributed by atoms with Crippen molar-refractivity contribution in [2.45, 2.75) is 33.9 Å². The van der Waals surface area contributed by atoms with Gasteiger partial charge in [-0.25, -0.2) is 0 Å². The Morgan fingerprint density at radius 1 is 1.24 bits per heavy atom. The van der Waals surface area contributed by atoms with Gasteiger partial charge in [0.05, 0.1) is 25.4 Å². The molecule has 0 aliphatic heterocycles. The predicted molar refractivity (Wildman–Crippen MR) is 116 cm³/mol. The molecule has 0 radical (unpaired) electrons. The van der Waals surface area contributed by atoms with Crippen molar-refractivity contribution < 1.29 is 9.53 Å². The van der Waals surface area contributed by atoms with E-state index in [2.05, 4.69) is 45.2 Å². The molecule has 2 heterocycles. The number of aryl methyl sites for hydroxylation is 1. The van der Waals surface area contributed by atoms with Crippen LogP contribution in [0, 0.1) is 12.8 Å². The highest BCUT2D eigenvalue weighted by atomic mass is 79.9. The highest BCUT2D eigenvalue weighted by molar-refractivity contribution is 9.10. The number of rotatable bonds is 8. The number of halogens is 1. The topological polar surface area (TPSA) is 69.0 Å². The Balaban J connectivity index is 1.72. The number of amides is 1. The van der Waals surface area contributed by atoms with Crippen molar-refractivity contribution in [3.05, 3.63) is 75.8 Å². The lowest BCUT2D eigenvalue weighted by molar-refractivity contribution is 0.0944. The van der Waals surface area contributed by atoms with Crippen LogP contribution >= 0.6 is 15.9 Å². The fourth-order valence-electron chi connectivity index (χ4n) is 2.78. The van der Waals surface area contributed by atoms with Gasteiger partial charge in [-0.2, -0.15) is 5.10 Å². The van der Waals surface area contributed by atoms with Gasteiger partial charge in [0.2, 0.25) is 0 Å². The highest BCUT2D eigenvalue weighted by Gasteiger charge is 2.14. The first-order chi connectivity index (χ1) is 13.9. The molecule has 0 bridgehead atoms. The molecule has 0 saturated heterocycles. The summed E-state index contributed by atoms with van der Waals surface area (Å²) in [6.07, 6.45) is 1.71. The minimum absolute atomic E-state index is 0.219. The Morgan fingerprint density at radius 2 is 2.07 bits per heavy atom. The number of pyridine rings is 1. The number of nitrogens with one attached hydrogen (secondary N) is 1. The lowest BCUT2D eigenvalue weighted by Gasteiger charge is -2.14. The molecule has 1 aromatic carbocycles. The second kappa shape index (κ2) is 9.69. The van der Waals surface area contributed by atoms with Gasteiger partial charge < -0.3 is 10.1 Å². The van der Waals surface area contributed by atoms with Gasteiger partial charge in [0.1, 0.15) is 11.4 Å². The fraction of sp³-hybridized carbons (Fsp3) is 0.318. The summed E-state index contributed by atoms with van der Waals surface area (Å²) in [7, 11) is 0. The largest absolute Gasteiger partial charge is 0.493 e. The molecule has 1 N–H and O–H groups in total. The van der Waals surface area contributed by atoms with Crippen LogP contribution in [-0.2, 0) is 13.1 Å². The minimum atomic E-state index is -0.219. The van der Waals surface area contributed by atoms with Gasteiger partial charge in [-0.15, -0.1) is 0 Å². The molecule has 0 saturated carbocycles. The molecular weight excluding hydrogens is 432 g/mol. The SMILES string of the molecule is Cc1cc(C(=O)NCc2ccccn2)nn1Cc1cc(Br)ccc1OCC(C)C. The van der Waals surface area contributed by atoms with Crippen molar-refractivity contribution in [2.75, 3.05) is 6.61 Å². The summed E-state index contributed by atoms with van der Waals surface area (Å²) in [6, 6.07) is 13.3. The number of aromatic nitrogens is 3. The van der Waals surface area contributed by atoms with Crippen molar-refractivity contribution in [2.24, 2.45) is 5.92 Å². The summed E-state index contributed by atoms with van der Waals surface area (Å²) in [5.74, 6) is 1.05. The predicted octanol–water partition coefficient (Wildman–Crippen LogP) is 4.36. The third-order valence-corrected chi connectivity index (χ3v) is 4.78. The van der Waals surface area contributed by atoms with Crippen LogP contribution in [0.5, 0.6) is 5.75 Å². The Bertz CT molecular complexity index is 970. The smallest absolute Gasteiger partial charge is 0.272 e. The van der Waals surface area contributed by atoms with Crippen LogP contribution in [0.4, 0.5) is 0 Å². The van der Waals surface area contributed by atoms with E-state index in [0.717, 1.165) is 27.2 Å². The third kappa shape index (κ3) is 5.90. The monoisotopic (exact) mass is 456 g/mol. The molecule has 152 valence electrons. The molecule has 0 unspecified atom stereocenters. The number of benzene rings is 1. The van der Waals surface area contributed by atoms with Crippen molar-refractivity contribution in [3.63, 3.8) is 0 Å². The number of ether oxygens (including phenoxy) is 1. The Hall–Kier alpha value is -2.67. The van der Waals surface area contributed by atoms with E-state index in [1.165, 1.54) is 0 Å². The van der Waals surface area contributed by atoms with Crippen LogP contribution in [0.1, 0.15) is 41.3 Å². The van der Waals surface area contributed by atoms with E-state index in [0.29, 0.717) is 31.3 Å². The summed E-state index contributed by atoms with van der Waals surface area (Å²) < 4.78 is 8.75. The minimum Gasteiger partial charge on any atom is -0.493 e. The van der Waals surface area contributed by atoms with E-state index in [-0.39, 0.29) is 5.91 Å². The zero-order valence-electron chi connectivity index (χ0n) is 16.9. The second-order valence-electron chi connectivity index (χ2n) is 7.29. The fourth-order valence-corrected chi connectivity index (χ4v) is 3.18. The van der Waals surface area contributed by atoms with Gasteiger partial charge in [-0.05, 0) is 49.2 Å². The van der Waals surface area contributed by atoms with E-state index in [1.807, 2.05) is 48.0 Å². The van der Waals surface area contributed by atoms with E-state index < -0.39 is 0 Å². The number of hydrogen-bond acceptors (Lipinski definition) is 4. The molecule has 2 aromatic heterocycles. The molecule has 0 atom stereocenters. The molecule has 0 aliphatic rings. The first-order valence-electron chi connectivity index (χ1n) is 9.56. The maximum atomic E-state index is 12.5. The van der Waals surface area contributed by atoms with E-state index in [9.17, 15) is 4.79 Å². The van der Waals surface area contributed by atoms with Gasteiger partial charge in [0, 0.05) is 21.9 Å². The molecule has 7 heteroatoms. The summed E-state index contributed by atoms with van der Waals surface area (Å²) in [5.41, 5.74) is 3.10. The quantitative estimate of drug-likeness (QED) is 0.546. The molecule has 3 rings (SSSR count). The standard InChI is InChI=1S/C22H25BrN4O2/c1-15(2)14-29-21-8-7-18(23)11-17(21)13-27-16(3)10-20(26-27)22(28)25-12-19-6-4-5-9-24-19/h4-11,15H,12-14H2,1-3H3,(H,25,28). The first kappa shape index (κ1) is 21.0. The van der Waals surface area contributed by atoms with E-state index >= 15 is 0 Å². The molecule has 0 aliphatic carbocycles. The first-order valence-corrected chi connectivity index (χ1v) is 10.4. The van der Waals surface area contributed by atoms with Gasteiger partial charge in [-0.3, -0.25) is 14.5 Å². The Morgan fingerprint density at radius 3 is 2.79 bits per heavy atom. The van der Waals surface area contributed by atoms with Gasteiger partial charge in [-0.1, -0.05) is 35.8 Å². The molecule has 3 aromatic rings. The normalized spacial score (nSPS) is 10.9. The van der Waals surface area contributed by atoms with Crippen LogP contribution in [0.3, 0.4) is 0 Å². The number of nitrogens with zero attached hydrogens (tertiary/aromatic N) is 3. The van der Waals surface area contributed by atoms with Crippen LogP contribution in [0.15, 0.2) is 53.1 Å². The summed E-state index contributed by atoms with van der Waals surface area (Å²) in [4.78, 5) is 16.7. The average molecular weight is 457 g/mol. The van der Waals surface area contributed by atoms with Crippen molar-refractivity contribution in [1.82, 2.24) is 20.1 Å². The van der Waals surface area contributed by atoms with Crippen molar-refractivity contribution in [3.8, 4) is 5.75 Å². The van der Waals surface area contributed by atoms with Crippen LogP contribution in [0.2, 0.25) is 0 Å². The van der Waals surface area contributed by atoms with Gasteiger partial charge in [0.25, 0.3) is 5.91 Å². The second-order valence-corrected chi connectivity index (χ2v) is 8.20. The lowest BCUT2D eigenvalue weighted by Crippen LogP contribution is -2.24. The maximum Gasteiger partial charge on any atom is 0.272 e. The Labute approximate surface area is 179 Å². The molecule has 29 heavy (non-hydrogen) atoms. The molecular formula is C22H25BrN4O2. The maximum absolute atomic E-state index is 12.5. The molecule has 0 spiro atoms. The highest BCUT2D eigenvalue weighted by Crippen LogP contribution is 2.25. The summed E-state index contributed by atoms with van der Waals surface area (Å²) in [6.45, 7) is 7.71. The van der Waals surface area contributed by atoms with Crippen LogP contribution < -0.4 is 10.1 Å². The lowest BCUT2D eigenvalue weighted by atomic mass is 10.2. The zero-order valence-corrected chi connectivity index (χ0v) is 18.4. The van der Waals surface area contributed by atoms with Crippen molar-refractivity contribution >= 4 is 21.8 Å².